The van der Waals surface area contributed by atoms with Crippen molar-refractivity contribution in [2.75, 3.05) is 0 Å². The lowest BCUT2D eigenvalue weighted by Gasteiger charge is -2.02. The summed E-state index contributed by atoms with van der Waals surface area (Å²) in [6.45, 7) is 0. The number of aromatic carboxylic acids is 1. The number of pyridine rings is 1. The molecule has 7 heteroatoms. The van der Waals surface area contributed by atoms with Gasteiger partial charge >= 0.3 is 5.97 Å². The summed E-state index contributed by atoms with van der Waals surface area (Å²) in [7, 11) is 0. The molecule has 3 aromatic rings. The number of hydrogen-bond acceptors (Lipinski definition) is 5. The Morgan fingerprint density at radius 3 is 2.65 bits per heavy atom. The van der Waals surface area contributed by atoms with E-state index in [0.29, 0.717) is 11.4 Å². The van der Waals surface area contributed by atoms with E-state index in [2.05, 4.69) is 32.2 Å². The zero-order valence-corrected chi connectivity index (χ0v) is 11.7. The molecule has 1 aromatic carbocycles. The summed E-state index contributed by atoms with van der Waals surface area (Å²) in [5.74, 6) is 5.13. The van der Waals surface area contributed by atoms with Crippen molar-refractivity contribution in [2.24, 2.45) is 0 Å². The van der Waals surface area contributed by atoms with Gasteiger partial charge in [-0.15, -0.1) is 5.10 Å². The summed E-state index contributed by atoms with van der Waals surface area (Å²) in [4.78, 5) is 15.0. The Bertz CT molecular complexity index is 877. The summed E-state index contributed by atoms with van der Waals surface area (Å²) in [5, 5.41) is 18.2. The molecule has 0 unspecified atom stereocenters. The molecule has 3 rings (SSSR count). The second kappa shape index (κ2) is 6.41. The van der Waals surface area contributed by atoms with E-state index >= 15 is 0 Å². The highest BCUT2D eigenvalue weighted by atomic mass is 16.5. The van der Waals surface area contributed by atoms with Crippen LogP contribution in [0.25, 0.3) is 0 Å². The monoisotopic (exact) mass is 306 g/mol. The molecule has 0 amide bonds. The van der Waals surface area contributed by atoms with Crippen LogP contribution < -0.4 is 4.74 Å². The molecule has 0 saturated heterocycles. The number of carbonyl (C=O) groups is 1. The maximum atomic E-state index is 10.9. The Morgan fingerprint density at radius 1 is 1.13 bits per heavy atom. The van der Waals surface area contributed by atoms with Crippen molar-refractivity contribution in [3.05, 3.63) is 65.6 Å². The number of nitrogens with one attached hydrogen (secondary N) is 1. The van der Waals surface area contributed by atoms with E-state index < -0.39 is 5.97 Å². The quantitative estimate of drug-likeness (QED) is 0.719. The largest absolute Gasteiger partial charge is 0.476 e. The van der Waals surface area contributed by atoms with Crippen LogP contribution in [0.5, 0.6) is 11.6 Å². The Hall–Kier alpha value is -3.66. The van der Waals surface area contributed by atoms with Crippen molar-refractivity contribution in [1.29, 1.82) is 0 Å². The summed E-state index contributed by atoms with van der Waals surface area (Å²) >= 11 is 0. The predicted molar refractivity (Wildman–Crippen MR) is 80.1 cm³/mol. The maximum absolute atomic E-state index is 10.9. The van der Waals surface area contributed by atoms with E-state index in [1.807, 2.05) is 18.2 Å². The normalized spacial score (nSPS) is 9.74. The molecule has 7 nitrogen and oxygen atoms in total. The first-order valence-electron chi connectivity index (χ1n) is 6.58. The Kier molecular flexibility index (Phi) is 3.98. The van der Waals surface area contributed by atoms with Crippen molar-refractivity contribution < 1.29 is 14.6 Å². The van der Waals surface area contributed by atoms with Gasteiger partial charge in [-0.3, -0.25) is 0 Å². The lowest BCUT2D eigenvalue weighted by atomic mass is 10.2. The first-order chi connectivity index (χ1) is 11.2. The van der Waals surface area contributed by atoms with Crippen LogP contribution in [0, 0.1) is 11.8 Å². The van der Waals surface area contributed by atoms with E-state index in [1.54, 1.807) is 30.5 Å². The van der Waals surface area contributed by atoms with Gasteiger partial charge < -0.3 is 9.84 Å². The number of aromatic amines is 1. The zero-order valence-electron chi connectivity index (χ0n) is 11.7. The van der Waals surface area contributed by atoms with Gasteiger partial charge in [0.05, 0.1) is 0 Å². The average molecular weight is 306 g/mol. The third kappa shape index (κ3) is 3.51. The van der Waals surface area contributed by atoms with Gasteiger partial charge in [-0.2, -0.15) is 0 Å². The standard InChI is InChI=1S/C16H10N4O3/c21-16(22)14-15(19-20-18-14)23-13-8-5-11(6-9-13)4-7-12-3-1-2-10-17-12/h1-3,5-6,8-10H,(H,21,22)(H,18,19,20). The van der Waals surface area contributed by atoms with E-state index in [0.717, 1.165) is 5.56 Å². The summed E-state index contributed by atoms with van der Waals surface area (Å²) < 4.78 is 5.41. The van der Waals surface area contributed by atoms with Gasteiger partial charge in [-0.05, 0) is 42.3 Å². The van der Waals surface area contributed by atoms with Crippen LogP contribution in [0.2, 0.25) is 0 Å². The van der Waals surface area contributed by atoms with Gasteiger partial charge in [-0.25, -0.2) is 14.9 Å². The molecule has 0 atom stereocenters. The van der Waals surface area contributed by atoms with Crippen molar-refractivity contribution in [1.82, 2.24) is 20.4 Å². The number of hydrogen-bond donors (Lipinski definition) is 2. The molecule has 0 saturated carbocycles. The molecule has 0 bridgehead atoms. The van der Waals surface area contributed by atoms with Crippen LogP contribution in [-0.4, -0.2) is 31.5 Å². The minimum atomic E-state index is -1.22. The second-order valence-electron chi connectivity index (χ2n) is 4.39. The third-order valence-corrected chi connectivity index (χ3v) is 2.79. The number of benzene rings is 1. The fourth-order valence-corrected chi connectivity index (χ4v) is 1.73. The first kappa shape index (κ1) is 14.3. The Balaban J connectivity index is 1.74. The van der Waals surface area contributed by atoms with E-state index in [1.165, 1.54) is 0 Å². The van der Waals surface area contributed by atoms with Crippen molar-refractivity contribution >= 4 is 5.97 Å². The summed E-state index contributed by atoms with van der Waals surface area (Å²) in [5.41, 5.74) is 1.19. The molecule has 0 fully saturated rings. The molecule has 0 spiro atoms. The fraction of sp³-hybridized carbons (Fsp3) is 0. The van der Waals surface area contributed by atoms with Crippen molar-refractivity contribution in [2.45, 2.75) is 0 Å². The number of carboxylic acids is 1. The Labute approximate surface area is 131 Å². The van der Waals surface area contributed by atoms with Crippen LogP contribution in [0.4, 0.5) is 0 Å². The van der Waals surface area contributed by atoms with Gasteiger partial charge in [0.25, 0.3) is 5.88 Å². The third-order valence-electron chi connectivity index (χ3n) is 2.79. The number of ether oxygens (including phenoxy) is 1. The summed E-state index contributed by atoms with van der Waals surface area (Å²) in [6, 6.07) is 12.4. The first-order valence-corrected chi connectivity index (χ1v) is 6.58. The molecule has 2 N–H and O–H groups in total. The zero-order chi connectivity index (χ0) is 16.1. The fourth-order valence-electron chi connectivity index (χ4n) is 1.73. The highest BCUT2D eigenvalue weighted by Gasteiger charge is 2.16. The van der Waals surface area contributed by atoms with Gasteiger partial charge in [-0.1, -0.05) is 17.2 Å². The van der Waals surface area contributed by atoms with Crippen molar-refractivity contribution in [3.63, 3.8) is 0 Å². The van der Waals surface area contributed by atoms with E-state index in [9.17, 15) is 4.79 Å². The second-order valence-corrected chi connectivity index (χ2v) is 4.39. The molecular weight excluding hydrogens is 296 g/mol. The van der Waals surface area contributed by atoms with Crippen LogP contribution >= 0.6 is 0 Å². The van der Waals surface area contributed by atoms with E-state index in [-0.39, 0.29) is 11.6 Å². The lowest BCUT2D eigenvalue weighted by Crippen LogP contribution is -1.99. The molecular formula is C16H10N4O3. The maximum Gasteiger partial charge on any atom is 0.362 e. The molecule has 0 aliphatic heterocycles. The van der Waals surface area contributed by atoms with Gasteiger partial charge in [0, 0.05) is 11.8 Å². The van der Waals surface area contributed by atoms with Gasteiger partial charge in [0.2, 0.25) is 5.69 Å². The predicted octanol–water partition coefficient (Wildman–Crippen LogP) is 2.09. The topological polar surface area (TPSA) is 101 Å². The smallest absolute Gasteiger partial charge is 0.362 e. The van der Waals surface area contributed by atoms with Crippen LogP contribution in [0.1, 0.15) is 21.7 Å². The number of rotatable bonds is 3. The number of aromatic nitrogens is 4. The van der Waals surface area contributed by atoms with Crippen molar-refractivity contribution in [3.8, 4) is 23.5 Å². The molecule has 2 heterocycles. The minimum Gasteiger partial charge on any atom is -0.476 e. The van der Waals surface area contributed by atoms with E-state index in [4.69, 9.17) is 9.84 Å². The van der Waals surface area contributed by atoms with Gasteiger partial charge in [0.1, 0.15) is 11.4 Å². The SMILES string of the molecule is O=C(O)c1nn[nH]c1Oc1ccc(C#Cc2ccccn2)cc1. The average Bonchev–Trinajstić information content (AvgIpc) is 3.04. The van der Waals surface area contributed by atoms with Crippen LogP contribution in [0.3, 0.4) is 0 Å². The lowest BCUT2D eigenvalue weighted by molar-refractivity contribution is 0.0687. The molecule has 0 radical (unpaired) electrons. The van der Waals surface area contributed by atoms with Gasteiger partial charge in [0.15, 0.2) is 0 Å². The minimum absolute atomic E-state index is 0.0233. The summed E-state index contributed by atoms with van der Waals surface area (Å²) in [6.07, 6.45) is 1.68. The number of nitrogens with zero attached hydrogens (tertiary/aromatic N) is 3. The molecule has 0 aliphatic rings. The Morgan fingerprint density at radius 2 is 1.96 bits per heavy atom. The van der Waals surface area contributed by atoms with Crippen LogP contribution in [-0.2, 0) is 0 Å². The highest BCUT2D eigenvalue weighted by Crippen LogP contribution is 2.21. The number of carboxylic acid groups (broad SMARTS) is 1. The number of H-pyrrole nitrogens is 1. The molecule has 0 aliphatic carbocycles. The molecule has 2 aromatic heterocycles. The highest BCUT2D eigenvalue weighted by molar-refractivity contribution is 5.87. The van der Waals surface area contributed by atoms with Crippen LogP contribution in [0.15, 0.2) is 48.7 Å². The molecule has 112 valence electrons. The molecule has 23 heavy (non-hydrogen) atoms.